The van der Waals surface area contributed by atoms with Gasteiger partial charge in [-0.1, -0.05) is 67.1 Å². The number of carbonyl (C=O) groups is 2. The van der Waals surface area contributed by atoms with Crippen molar-refractivity contribution in [2.75, 3.05) is 6.54 Å². The Morgan fingerprint density at radius 2 is 1.68 bits per heavy atom. The molecule has 1 aliphatic heterocycles. The topological polar surface area (TPSA) is 90.9 Å². The van der Waals surface area contributed by atoms with Crippen LogP contribution in [0.1, 0.15) is 64.0 Å². The minimum absolute atomic E-state index is 0.0467. The summed E-state index contributed by atoms with van der Waals surface area (Å²) < 4.78 is 5.48. The van der Waals surface area contributed by atoms with Crippen molar-refractivity contribution in [1.29, 1.82) is 0 Å². The number of hydrogen-bond donors (Lipinski definition) is 3. The van der Waals surface area contributed by atoms with Crippen molar-refractivity contribution in [3.05, 3.63) is 71.8 Å². The lowest BCUT2D eigenvalue weighted by molar-refractivity contribution is -0.123. The highest BCUT2D eigenvalue weighted by Gasteiger charge is 2.45. The fourth-order valence-corrected chi connectivity index (χ4v) is 6.06. The van der Waals surface area contributed by atoms with Gasteiger partial charge in [0.05, 0.1) is 12.1 Å². The van der Waals surface area contributed by atoms with E-state index in [-0.39, 0.29) is 24.1 Å². The minimum Gasteiger partial charge on any atom is -0.445 e. The molecular weight excluding hydrogens is 478 g/mol. The molecule has 2 fully saturated rings. The number of aliphatic hydroxyl groups is 1. The number of benzene rings is 2. The van der Waals surface area contributed by atoms with Gasteiger partial charge in [0.15, 0.2) is 0 Å². The zero-order valence-corrected chi connectivity index (χ0v) is 22.9. The fraction of sp³-hybridized carbons (Fsp3) is 0.548. The molecule has 0 spiro atoms. The quantitative estimate of drug-likeness (QED) is 0.430. The van der Waals surface area contributed by atoms with Gasteiger partial charge in [-0.25, -0.2) is 4.79 Å². The summed E-state index contributed by atoms with van der Waals surface area (Å²) >= 11 is 0. The van der Waals surface area contributed by atoms with Gasteiger partial charge in [0.2, 0.25) is 5.91 Å². The third-order valence-corrected chi connectivity index (χ3v) is 7.70. The molecule has 2 aliphatic rings. The Morgan fingerprint density at radius 1 is 1.03 bits per heavy atom. The molecule has 0 radical (unpaired) electrons. The van der Waals surface area contributed by atoms with Gasteiger partial charge in [-0.3, -0.25) is 9.69 Å². The number of likely N-dealkylation sites (tertiary alicyclic amines) is 1. The Balaban J connectivity index is 1.44. The molecule has 3 unspecified atom stereocenters. The number of nitrogens with zero attached hydrogens (tertiary/aromatic N) is 1. The van der Waals surface area contributed by atoms with Gasteiger partial charge in [0.1, 0.15) is 6.61 Å². The number of aliphatic hydroxyl groups excluding tert-OH is 1. The molecule has 0 bridgehead atoms. The Labute approximate surface area is 227 Å². The van der Waals surface area contributed by atoms with Gasteiger partial charge in [-0.2, -0.15) is 0 Å². The van der Waals surface area contributed by atoms with E-state index in [4.69, 9.17) is 4.74 Å². The average molecular weight is 522 g/mol. The van der Waals surface area contributed by atoms with Gasteiger partial charge >= 0.3 is 6.09 Å². The van der Waals surface area contributed by atoms with E-state index in [1.807, 2.05) is 81.4 Å². The molecule has 7 nitrogen and oxygen atoms in total. The summed E-state index contributed by atoms with van der Waals surface area (Å²) in [5.74, 6) is 0.608. The molecule has 206 valence electrons. The largest absolute Gasteiger partial charge is 0.445 e. The molecular formula is C31H43N3O4. The van der Waals surface area contributed by atoms with Crippen molar-refractivity contribution in [3.63, 3.8) is 0 Å². The van der Waals surface area contributed by atoms with Crippen molar-refractivity contribution in [3.8, 4) is 0 Å². The number of β-amino-alcohol motifs (C(OH)–C–C–N with tert-alkyl or cyclic N) is 1. The molecule has 1 heterocycles. The highest BCUT2D eigenvalue weighted by molar-refractivity contribution is 5.77. The van der Waals surface area contributed by atoms with E-state index in [2.05, 4.69) is 15.5 Å². The van der Waals surface area contributed by atoms with E-state index in [0.29, 0.717) is 31.3 Å². The van der Waals surface area contributed by atoms with Gasteiger partial charge in [0, 0.05) is 30.6 Å². The first kappa shape index (κ1) is 28.1. The average Bonchev–Trinajstić information content (AvgIpc) is 3.45. The highest BCUT2D eigenvalue weighted by Crippen LogP contribution is 2.42. The predicted octanol–water partition coefficient (Wildman–Crippen LogP) is 4.43. The molecule has 1 saturated heterocycles. The summed E-state index contributed by atoms with van der Waals surface area (Å²) in [7, 11) is 0. The van der Waals surface area contributed by atoms with Crippen LogP contribution in [-0.2, 0) is 22.6 Å². The molecule has 3 N–H and O–H groups in total. The maximum Gasteiger partial charge on any atom is 0.407 e. The summed E-state index contributed by atoms with van der Waals surface area (Å²) in [6.45, 7) is 6.55. The van der Waals surface area contributed by atoms with E-state index >= 15 is 0 Å². The first-order valence-corrected chi connectivity index (χ1v) is 13.9. The number of ether oxygens (including phenoxy) is 1. The van der Waals surface area contributed by atoms with Crippen LogP contribution in [-0.4, -0.2) is 58.3 Å². The second-order valence-electron chi connectivity index (χ2n) is 11.9. The summed E-state index contributed by atoms with van der Waals surface area (Å²) in [6.07, 6.45) is 3.97. The lowest BCUT2D eigenvalue weighted by Crippen LogP contribution is -2.52. The molecule has 7 heteroatoms. The van der Waals surface area contributed by atoms with Crippen LogP contribution in [0.25, 0.3) is 0 Å². The maximum atomic E-state index is 12.8. The number of alkyl carbamates (subject to hydrolysis) is 1. The third-order valence-electron chi connectivity index (χ3n) is 7.70. The van der Waals surface area contributed by atoms with Crippen LogP contribution in [0, 0.1) is 5.92 Å². The molecule has 1 saturated carbocycles. The Kier molecular flexibility index (Phi) is 9.44. The van der Waals surface area contributed by atoms with Crippen molar-refractivity contribution < 1.29 is 19.4 Å². The molecule has 1 aliphatic carbocycles. The summed E-state index contributed by atoms with van der Waals surface area (Å²) in [4.78, 5) is 27.9. The summed E-state index contributed by atoms with van der Waals surface area (Å²) in [5, 5.41) is 17.5. The number of rotatable bonds is 10. The fourth-order valence-electron chi connectivity index (χ4n) is 6.06. The number of hydrogen-bond acceptors (Lipinski definition) is 5. The van der Waals surface area contributed by atoms with Crippen LogP contribution in [0.2, 0.25) is 0 Å². The highest BCUT2D eigenvalue weighted by atomic mass is 16.5. The number of amides is 2. The monoisotopic (exact) mass is 521 g/mol. The van der Waals surface area contributed by atoms with E-state index < -0.39 is 18.2 Å². The Hall–Kier alpha value is -2.90. The van der Waals surface area contributed by atoms with E-state index in [1.165, 1.54) is 12.8 Å². The van der Waals surface area contributed by atoms with Crippen molar-refractivity contribution in [2.24, 2.45) is 5.92 Å². The molecule has 0 aromatic heterocycles. The first-order chi connectivity index (χ1) is 18.2. The van der Waals surface area contributed by atoms with Crippen LogP contribution < -0.4 is 10.6 Å². The summed E-state index contributed by atoms with van der Waals surface area (Å²) in [5.41, 5.74) is 1.66. The first-order valence-electron chi connectivity index (χ1n) is 13.9. The van der Waals surface area contributed by atoms with Crippen LogP contribution in [0.5, 0.6) is 0 Å². The van der Waals surface area contributed by atoms with Crippen molar-refractivity contribution in [2.45, 2.75) is 95.7 Å². The Bertz CT molecular complexity index is 1040. The molecule has 38 heavy (non-hydrogen) atoms. The van der Waals surface area contributed by atoms with Crippen molar-refractivity contribution in [1.82, 2.24) is 15.5 Å². The van der Waals surface area contributed by atoms with Gasteiger partial charge in [0.25, 0.3) is 0 Å². The Morgan fingerprint density at radius 3 is 2.34 bits per heavy atom. The maximum absolute atomic E-state index is 12.8. The second-order valence-corrected chi connectivity index (χ2v) is 11.9. The number of carbonyl (C=O) groups excluding carboxylic acids is 2. The predicted molar refractivity (Wildman–Crippen MR) is 148 cm³/mol. The summed E-state index contributed by atoms with van der Waals surface area (Å²) in [6, 6.07) is 19.4. The van der Waals surface area contributed by atoms with Crippen LogP contribution in [0.4, 0.5) is 4.79 Å². The third kappa shape index (κ3) is 8.05. The van der Waals surface area contributed by atoms with Crippen molar-refractivity contribution >= 4 is 12.0 Å². The van der Waals surface area contributed by atoms with Gasteiger partial charge < -0.3 is 20.5 Å². The zero-order chi connectivity index (χ0) is 27.1. The molecule has 5 atom stereocenters. The zero-order valence-electron chi connectivity index (χ0n) is 22.9. The molecule has 2 aromatic carbocycles. The lowest BCUT2D eigenvalue weighted by Gasteiger charge is -2.34. The molecule has 4 rings (SSSR count). The van der Waals surface area contributed by atoms with E-state index in [0.717, 1.165) is 24.0 Å². The van der Waals surface area contributed by atoms with E-state index in [1.54, 1.807) is 0 Å². The smallest absolute Gasteiger partial charge is 0.407 e. The normalized spacial score (nSPS) is 22.9. The van der Waals surface area contributed by atoms with Crippen LogP contribution in [0.3, 0.4) is 0 Å². The number of nitrogens with one attached hydrogen (secondary N) is 2. The molecule has 2 aromatic rings. The molecule has 2 amide bonds. The lowest BCUT2D eigenvalue weighted by atomic mass is 9.99. The van der Waals surface area contributed by atoms with Gasteiger partial charge in [-0.05, 0) is 63.5 Å². The van der Waals surface area contributed by atoms with Gasteiger partial charge in [-0.15, -0.1) is 0 Å². The number of fused-ring (bicyclic) bond motifs is 1. The van der Waals surface area contributed by atoms with Crippen LogP contribution in [0.15, 0.2) is 60.7 Å². The minimum atomic E-state index is -0.813. The van der Waals surface area contributed by atoms with E-state index in [9.17, 15) is 14.7 Å². The van der Waals surface area contributed by atoms with Crippen LogP contribution >= 0.6 is 0 Å². The SMILES string of the molecule is CC(C)(C)NC(=O)CC1CC2CCCC2N1C[C@@H](O)[C@H](Cc1ccccc1)NC(=O)OCc1ccccc1. The second kappa shape index (κ2) is 12.8. The standard InChI is InChI=1S/C31H43N3O4/c1-31(2,3)33-29(36)19-25-18-24-15-10-16-27(24)34(25)20-28(35)26(17-22-11-6-4-7-12-22)32-30(37)38-21-23-13-8-5-9-14-23/h4-9,11-14,24-28,35H,10,15-21H2,1-3H3,(H,32,37)(H,33,36)/t24?,25?,26-,27?,28+/m0/s1.